The minimum absolute atomic E-state index is 0.227. The third kappa shape index (κ3) is 3.85. The Kier molecular flexibility index (Phi) is 4.96. The minimum atomic E-state index is -3.34. The van der Waals surface area contributed by atoms with Crippen molar-refractivity contribution in [3.8, 4) is 0 Å². The Morgan fingerprint density at radius 2 is 1.88 bits per heavy atom. The van der Waals surface area contributed by atoms with E-state index in [0.29, 0.717) is 21.3 Å². The Bertz CT molecular complexity index is 1110. The van der Waals surface area contributed by atoms with Crippen LogP contribution in [0.25, 0.3) is 10.1 Å². The molecule has 2 aromatic carbocycles. The molecule has 0 fully saturated rings. The van der Waals surface area contributed by atoms with Gasteiger partial charge in [-0.2, -0.15) is 0 Å². The fourth-order valence-electron chi connectivity index (χ4n) is 2.44. The Labute approximate surface area is 161 Å². The third-order valence-corrected chi connectivity index (χ3v) is 6.59. The number of halogens is 1. The van der Waals surface area contributed by atoms with Gasteiger partial charge >= 0.3 is 0 Å². The first-order chi connectivity index (χ1) is 12.1. The van der Waals surface area contributed by atoms with E-state index in [0.717, 1.165) is 21.9 Å². The lowest BCUT2D eigenvalue weighted by molar-refractivity contribution is 0.103. The summed E-state index contributed by atoms with van der Waals surface area (Å²) in [6.07, 6.45) is 1.15. The molecular formula is C18H17ClN2O3S2. The van der Waals surface area contributed by atoms with E-state index in [1.807, 2.05) is 19.1 Å². The maximum Gasteiger partial charge on any atom is 0.265 e. The van der Waals surface area contributed by atoms with Crippen molar-refractivity contribution in [1.82, 2.24) is 0 Å². The topological polar surface area (TPSA) is 66.5 Å². The molecule has 3 aromatic rings. The molecule has 0 aliphatic rings. The summed E-state index contributed by atoms with van der Waals surface area (Å²) in [5, 5.41) is 4.24. The number of fused-ring (bicyclic) bond motifs is 1. The third-order valence-electron chi connectivity index (χ3n) is 4.03. The summed E-state index contributed by atoms with van der Waals surface area (Å²) in [5.41, 5.74) is 2.13. The van der Waals surface area contributed by atoms with Gasteiger partial charge in [-0.3, -0.25) is 9.10 Å². The van der Waals surface area contributed by atoms with Gasteiger partial charge in [0.25, 0.3) is 5.91 Å². The first-order valence-electron chi connectivity index (χ1n) is 7.70. The average molecular weight is 409 g/mol. The smallest absolute Gasteiger partial charge is 0.265 e. The molecule has 8 heteroatoms. The van der Waals surface area contributed by atoms with Crippen LogP contribution in [0.2, 0.25) is 5.02 Å². The van der Waals surface area contributed by atoms with Gasteiger partial charge in [-0.05, 0) is 54.3 Å². The summed E-state index contributed by atoms with van der Waals surface area (Å²) < 4.78 is 25.5. The van der Waals surface area contributed by atoms with Gasteiger partial charge in [-0.25, -0.2) is 8.42 Å². The summed E-state index contributed by atoms with van der Waals surface area (Å²) in [6.45, 7) is 1.89. The molecule has 1 heterocycles. The van der Waals surface area contributed by atoms with Crippen LogP contribution in [0, 0.1) is 6.92 Å². The zero-order valence-electron chi connectivity index (χ0n) is 14.4. The van der Waals surface area contributed by atoms with Crippen LogP contribution in [-0.2, 0) is 10.0 Å². The van der Waals surface area contributed by atoms with Gasteiger partial charge in [0.05, 0.1) is 16.8 Å². The van der Waals surface area contributed by atoms with Crippen LogP contribution in [0.3, 0.4) is 0 Å². The van der Waals surface area contributed by atoms with Gasteiger partial charge in [0.2, 0.25) is 10.0 Å². The fraction of sp³-hybridized carbons (Fsp3) is 0.167. The largest absolute Gasteiger partial charge is 0.321 e. The highest BCUT2D eigenvalue weighted by Crippen LogP contribution is 2.31. The number of nitrogens with zero attached hydrogens (tertiary/aromatic N) is 1. The molecule has 0 bridgehead atoms. The van der Waals surface area contributed by atoms with E-state index < -0.39 is 10.0 Å². The Balaban J connectivity index is 1.91. The number of hydrogen-bond acceptors (Lipinski definition) is 4. The van der Waals surface area contributed by atoms with Crippen molar-refractivity contribution >= 4 is 60.3 Å². The summed E-state index contributed by atoms with van der Waals surface area (Å²) in [5.74, 6) is -0.227. The average Bonchev–Trinajstić information content (AvgIpc) is 3.00. The molecule has 0 saturated heterocycles. The summed E-state index contributed by atoms with van der Waals surface area (Å²) in [6, 6.07) is 12.4. The lowest BCUT2D eigenvalue weighted by Crippen LogP contribution is -2.24. The molecular weight excluding hydrogens is 392 g/mol. The summed E-state index contributed by atoms with van der Waals surface area (Å²) >= 11 is 7.34. The number of hydrogen-bond donors (Lipinski definition) is 1. The molecule has 1 aromatic heterocycles. The van der Waals surface area contributed by atoms with Crippen molar-refractivity contribution in [2.45, 2.75) is 6.92 Å². The molecule has 0 aliphatic carbocycles. The Morgan fingerprint density at radius 1 is 1.15 bits per heavy atom. The van der Waals surface area contributed by atoms with E-state index >= 15 is 0 Å². The first kappa shape index (κ1) is 18.7. The molecule has 3 rings (SSSR count). The van der Waals surface area contributed by atoms with E-state index in [1.165, 1.54) is 22.7 Å². The van der Waals surface area contributed by atoms with Crippen molar-refractivity contribution in [3.63, 3.8) is 0 Å². The van der Waals surface area contributed by atoms with Crippen LogP contribution < -0.4 is 9.62 Å². The lowest BCUT2D eigenvalue weighted by atomic mass is 10.2. The molecule has 0 spiro atoms. The van der Waals surface area contributed by atoms with E-state index in [2.05, 4.69) is 5.32 Å². The van der Waals surface area contributed by atoms with Crippen LogP contribution in [0.5, 0.6) is 0 Å². The van der Waals surface area contributed by atoms with Crippen molar-refractivity contribution in [2.75, 3.05) is 22.9 Å². The van der Waals surface area contributed by atoms with Crippen LogP contribution in [0.4, 0.5) is 11.4 Å². The number of carbonyl (C=O) groups is 1. The van der Waals surface area contributed by atoms with E-state index in [4.69, 9.17) is 11.6 Å². The second kappa shape index (κ2) is 6.90. The number of amides is 1. The Hall–Kier alpha value is -2.09. The van der Waals surface area contributed by atoms with Crippen molar-refractivity contribution < 1.29 is 13.2 Å². The van der Waals surface area contributed by atoms with E-state index in [9.17, 15) is 13.2 Å². The zero-order chi connectivity index (χ0) is 19.1. The predicted octanol–water partition coefficient (Wildman–Crippen LogP) is 4.51. The zero-order valence-corrected chi connectivity index (χ0v) is 16.8. The second-order valence-electron chi connectivity index (χ2n) is 5.98. The molecule has 5 nitrogen and oxygen atoms in total. The monoisotopic (exact) mass is 408 g/mol. The number of rotatable bonds is 4. The van der Waals surface area contributed by atoms with Crippen molar-refractivity contribution in [1.29, 1.82) is 0 Å². The van der Waals surface area contributed by atoms with Gasteiger partial charge in [0.1, 0.15) is 0 Å². The number of sulfonamides is 1. The molecule has 1 amide bonds. The second-order valence-corrected chi connectivity index (χ2v) is 9.51. The quantitative estimate of drug-likeness (QED) is 0.690. The van der Waals surface area contributed by atoms with Gasteiger partial charge < -0.3 is 5.32 Å². The Morgan fingerprint density at radius 3 is 2.58 bits per heavy atom. The molecule has 0 radical (unpaired) electrons. The number of benzene rings is 2. The maximum absolute atomic E-state index is 12.6. The van der Waals surface area contributed by atoms with Gasteiger partial charge in [0.15, 0.2) is 0 Å². The summed E-state index contributed by atoms with van der Waals surface area (Å²) in [4.78, 5) is 13.1. The number of carbonyl (C=O) groups excluding carboxylic acids is 1. The van der Waals surface area contributed by atoms with Crippen LogP contribution in [-0.4, -0.2) is 27.6 Å². The summed E-state index contributed by atoms with van der Waals surface area (Å²) in [7, 11) is -1.84. The molecule has 0 unspecified atom stereocenters. The minimum Gasteiger partial charge on any atom is -0.321 e. The fourth-order valence-corrected chi connectivity index (χ4v) is 4.05. The highest BCUT2D eigenvalue weighted by molar-refractivity contribution is 7.92. The van der Waals surface area contributed by atoms with Crippen LogP contribution in [0.1, 0.15) is 15.2 Å². The standard InChI is InChI=1S/C18H17ClN2O3S2/c1-11-4-5-13(19)10-15(11)20-18(22)17-9-12-8-14(6-7-16(12)25-17)21(2)26(3,23)24/h4-10H,1-3H3,(H,20,22). The highest BCUT2D eigenvalue weighted by atomic mass is 35.5. The van der Waals surface area contributed by atoms with E-state index in [-0.39, 0.29) is 5.91 Å². The number of nitrogens with one attached hydrogen (secondary N) is 1. The molecule has 1 N–H and O–H groups in total. The molecule has 0 aliphatic heterocycles. The normalized spacial score (nSPS) is 11.5. The highest BCUT2D eigenvalue weighted by Gasteiger charge is 2.15. The van der Waals surface area contributed by atoms with Crippen LogP contribution in [0.15, 0.2) is 42.5 Å². The van der Waals surface area contributed by atoms with Gasteiger partial charge in [0, 0.05) is 22.5 Å². The predicted molar refractivity (Wildman–Crippen MR) is 109 cm³/mol. The number of aryl methyl sites for hydroxylation is 1. The SMILES string of the molecule is Cc1ccc(Cl)cc1NC(=O)c1cc2cc(N(C)S(C)(=O)=O)ccc2s1. The molecule has 0 saturated carbocycles. The molecule has 136 valence electrons. The maximum atomic E-state index is 12.6. The first-order valence-corrected chi connectivity index (χ1v) is 10.7. The molecule has 0 atom stereocenters. The molecule has 26 heavy (non-hydrogen) atoms. The van der Waals surface area contributed by atoms with Crippen molar-refractivity contribution in [3.05, 3.63) is 57.9 Å². The van der Waals surface area contributed by atoms with E-state index in [1.54, 1.807) is 30.3 Å². The van der Waals surface area contributed by atoms with Gasteiger partial charge in [-0.15, -0.1) is 11.3 Å². The van der Waals surface area contributed by atoms with Crippen molar-refractivity contribution in [2.24, 2.45) is 0 Å². The lowest BCUT2D eigenvalue weighted by Gasteiger charge is -2.16. The number of thiophene rings is 1. The van der Waals surface area contributed by atoms with Gasteiger partial charge in [-0.1, -0.05) is 17.7 Å². The van der Waals surface area contributed by atoms with Crippen LogP contribution >= 0.6 is 22.9 Å². The number of anilines is 2.